The van der Waals surface area contributed by atoms with E-state index < -0.39 is 0 Å². The van der Waals surface area contributed by atoms with Crippen LogP contribution >= 0.6 is 0 Å². The molecule has 1 unspecified atom stereocenters. The van der Waals surface area contributed by atoms with Gasteiger partial charge in [0, 0.05) is 5.39 Å². The fourth-order valence-corrected chi connectivity index (χ4v) is 2.19. The summed E-state index contributed by atoms with van der Waals surface area (Å²) < 4.78 is 0. The molecular weight excluding hydrogens is 212 g/mol. The molecule has 2 N–H and O–H groups in total. The van der Waals surface area contributed by atoms with Crippen molar-refractivity contribution in [1.82, 2.24) is 4.98 Å². The Morgan fingerprint density at radius 2 is 2.18 bits per heavy atom. The number of para-hydroxylation sites is 1. The zero-order valence-electron chi connectivity index (χ0n) is 9.26. The zero-order valence-corrected chi connectivity index (χ0v) is 9.26. The van der Waals surface area contributed by atoms with Gasteiger partial charge in [0.1, 0.15) is 0 Å². The van der Waals surface area contributed by atoms with Crippen LogP contribution in [0.4, 0.5) is 0 Å². The summed E-state index contributed by atoms with van der Waals surface area (Å²) in [5.74, 6) is -0.481. The summed E-state index contributed by atoms with van der Waals surface area (Å²) in [5, 5.41) is 1.10. The first kappa shape index (κ1) is 10.0. The molecular formula is C14H12N2O. The summed E-state index contributed by atoms with van der Waals surface area (Å²) in [4.78, 5) is 15.7. The molecule has 1 aromatic heterocycles. The molecule has 1 aromatic carbocycles. The van der Waals surface area contributed by atoms with Crippen LogP contribution in [0.3, 0.4) is 0 Å². The molecule has 0 aliphatic heterocycles. The maximum atomic E-state index is 11.2. The summed E-state index contributed by atoms with van der Waals surface area (Å²) in [7, 11) is 0. The highest BCUT2D eigenvalue weighted by molar-refractivity contribution is 5.84. The molecule has 2 aromatic rings. The summed E-state index contributed by atoms with van der Waals surface area (Å²) >= 11 is 0. The van der Waals surface area contributed by atoms with Crippen LogP contribution in [0.1, 0.15) is 11.3 Å². The molecule has 3 heteroatoms. The van der Waals surface area contributed by atoms with E-state index in [4.69, 9.17) is 5.73 Å². The van der Waals surface area contributed by atoms with Gasteiger partial charge in [0.25, 0.3) is 0 Å². The number of hydrogen-bond donors (Lipinski definition) is 1. The van der Waals surface area contributed by atoms with Crippen molar-refractivity contribution in [2.45, 2.75) is 6.42 Å². The maximum absolute atomic E-state index is 11.2. The van der Waals surface area contributed by atoms with E-state index in [2.05, 4.69) is 11.1 Å². The van der Waals surface area contributed by atoms with Crippen molar-refractivity contribution >= 4 is 22.9 Å². The third-order valence-corrected chi connectivity index (χ3v) is 3.13. The number of aromatic nitrogens is 1. The van der Waals surface area contributed by atoms with Crippen molar-refractivity contribution < 1.29 is 4.79 Å². The van der Waals surface area contributed by atoms with Crippen molar-refractivity contribution in [3.8, 4) is 0 Å². The number of nitrogens with two attached hydrogens (primary N) is 1. The van der Waals surface area contributed by atoms with Gasteiger partial charge in [0.15, 0.2) is 0 Å². The van der Waals surface area contributed by atoms with Gasteiger partial charge in [-0.05, 0) is 30.2 Å². The molecule has 1 atom stereocenters. The number of carbonyl (C=O) groups excluding carboxylic acids is 1. The van der Waals surface area contributed by atoms with E-state index in [0.29, 0.717) is 6.42 Å². The molecule has 17 heavy (non-hydrogen) atoms. The molecule has 1 heterocycles. The van der Waals surface area contributed by atoms with Crippen LogP contribution in [0.25, 0.3) is 17.0 Å². The van der Waals surface area contributed by atoms with Crippen molar-refractivity contribution in [2.75, 3.05) is 0 Å². The van der Waals surface area contributed by atoms with E-state index in [0.717, 1.165) is 22.2 Å². The lowest BCUT2D eigenvalue weighted by Crippen LogP contribution is -2.25. The first-order valence-corrected chi connectivity index (χ1v) is 5.60. The average molecular weight is 224 g/mol. The molecule has 3 rings (SSSR count). The summed E-state index contributed by atoms with van der Waals surface area (Å²) in [5.41, 5.74) is 8.34. The highest BCUT2D eigenvalue weighted by Crippen LogP contribution is 2.25. The Hall–Kier alpha value is -2.16. The number of fused-ring (bicyclic) bond motifs is 2. The van der Waals surface area contributed by atoms with Crippen LogP contribution < -0.4 is 5.73 Å². The van der Waals surface area contributed by atoms with E-state index >= 15 is 0 Å². The topological polar surface area (TPSA) is 56.0 Å². The molecule has 0 saturated carbocycles. The first-order chi connectivity index (χ1) is 8.24. The molecule has 0 spiro atoms. The minimum Gasteiger partial charge on any atom is -0.369 e. The van der Waals surface area contributed by atoms with Gasteiger partial charge in [-0.15, -0.1) is 0 Å². The molecule has 0 bridgehead atoms. The van der Waals surface area contributed by atoms with E-state index in [9.17, 15) is 4.79 Å². The van der Waals surface area contributed by atoms with Gasteiger partial charge in [-0.3, -0.25) is 4.79 Å². The Kier molecular flexibility index (Phi) is 2.18. The van der Waals surface area contributed by atoms with Crippen molar-refractivity contribution in [2.24, 2.45) is 11.7 Å². The first-order valence-electron chi connectivity index (χ1n) is 5.60. The number of amides is 1. The Bertz CT molecular complexity index is 631. The number of carbonyl (C=O) groups is 1. The predicted molar refractivity (Wildman–Crippen MR) is 67.2 cm³/mol. The van der Waals surface area contributed by atoms with Crippen LogP contribution in [-0.4, -0.2) is 10.9 Å². The normalized spacial score (nSPS) is 18.0. The lowest BCUT2D eigenvalue weighted by atomic mass is 9.91. The fraction of sp³-hybridized carbons (Fsp3) is 0.143. The number of nitrogens with zero attached hydrogens (tertiary/aromatic N) is 1. The number of primary amides is 1. The van der Waals surface area contributed by atoms with Gasteiger partial charge < -0.3 is 5.73 Å². The number of pyridine rings is 1. The van der Waals surface area contributed by atoms with E-state index in [1.807, 2.05) is 36.4 Å². The van der Waals surface area contributed by atoms with Gasteiger partial charge in [0.2, 0.25) is 5.91 Å². The molecule has 0 saturated heterocycles. The second kappa shape index (κ2) is 3.70. The third-order valence-electron chi connectivity index (χ3n) is 3.13. The fourth-order valence-electron chi connectivity index (χ4n) is 2.19. The summed E-state index contributed by atoms with van der Waals surface area (Å²) in [6.45, 7) is 0. The predicted octanol–water partition coefficient (Wildman–Crippen LogP) is 1.91. The smallest absolute Gasteiger partial charge is 0.224 e. The van der Waals surface area contributed by atoms with Crippen molar-refractivity contribution in [3.63, 3.8) is 0 Å². The molecule has 1 amide bonds. The molecule has 3 nitrogen and oxygen atoms in total. The molecule has 1 aliphatic carbocycles. The molecule has 0 fully saturated rings. The Balaban J connectivity index is 2.13. The van der Waals surface area contributed by atoms with E-state index in [1.165, 1.54) is 0 Å². The highest BCUT2D eigenvalue weighted by atomic mass is 16.1. The van der Waals surface area contributed by atoms with Gasteiger partial charge in [0.05, 0.1) is 17.1 Å². The second-order valence-corrected chi connectivity index (χ2v) is 4.30. The zero-order chi connectivity index (χ0) is 11.8. The summed E-state index contributed by atoms with van der Waals surface area (Å²) in [6.07, 6.45) is 4.38. The number of benzene rings is 1. The minimum absolute atomic E-state index is 0.203. The SMILES string of the molecule is NC(=O)C1C=Cc2nc3ccccc3cc2C1. The van der Waals surface area contributed by atoms with Gasteiger partial charge in [-0.25, -0.2) is 4.98 Å². The monoisotopic (exact) mass is 224 g/mol. The van der Waals surface area contributed by atoms with Crippen molar-refractivity contribution in [3.05, 3.63) is 47.7 Å². The molecule has 84 valence electrons. The van der Waals surface area contributed by atoms with Crippen LogP contribution in [-0.2, 0) is 11.2 Å². The largest absolute Gasteiger partial charge is 0.369 e. The Morgan fingerprint density at radius 3 is 3.00 bits per heavy atom. The molecule has 1 aliphatic rings. The summed E-state index contributed by atoms with van der Waals surface area (Å²) in [6, 6.07) is 10.1. The number of hydrogen-bond acceptors (Lipinski definition) is 2. The van der Waals surface area contributed by atoms with E-state index in [-0.39, 0.29) is 11.8 Å². The molecule has 0 radical (unpaired) electrons. The standard InChI is InChI=1S/C14H12N2O/c15-14(17)10-5-6-13-11(8-10)7-9-3-1-2-4-12(9)16-13/h1-7,10H,8H2,(H2,15,17). The second-order valence-electron chi connectivity index (χ2n) is 4.30. The van der Waals surface area contributed by atoms with Crippen LogP contribution in [0.2, 0.25) is 0 Å². The average Bonchev–Trinajstić information content (AvgIpc) is 2.35. The Labute approximate surface area is 99.0 Å². The van der Waals surface area contributed by atoms with Gasteiger partial charge in [-0.1, -0.05) is 24.3 Å². The van der Waals surface area contributed by atoms with Gasteiger partial charge in [-0.2, -0.15) is 0 Å². The van der Waals surface area contributed by atoms with Crippen LogP contribution in [0.15, 0.2) is 36.4 Å². The van der Waals surface area contributed by atoms with Gasteiger partial charge >= 0.3 is 0 Å². The highest BCUT2D eigenvalue weighted by Gasteiger charge is 2.19. The van der Waals surface area contributed by atoms with E-state index in [1.54, 1.807) is 0 Å². The Morgan fingerprint density at radius 1 is 1.35 bits per heavy atom. The van der Waals surface area contributed by atoms with Crippen LogP contribution in [0, 0.1) is 5.92 Å². The quantitative estimate of drug-likeness (QED) is 0.804. The maximum Gasteiger partial charge on any atom is 0.224 e. The third kappa shape index (κ3) is 1.69. The lowest BCUT2D eigenvalue weighted by molar-refractivity contribution is -0.120. The lowest BCUT2D eigenvalue weighted by Gasteiger charge is -2.16. The minimum atomic E-state index is -0.278. The number of rotatable bonds is 1. The van der Waals surface area contributed by atoms with Crippen LogP contribution in [0.5, 0.6) is 0 Å². The van der Waals surface area contributed by atoms with Crippen molar-refractivity contribution in [1.29, 1.82) is 0 Å².